The highest BCUT2D eigenvalue weighted by molar-refractivity contribution is 7.80. The van der Waals surface area contributed by atoms with Crippen molar-refractivity contribution in [2.45, 2.75) is 102 Å². The Morgan fingerprint density at radius 1 is 1.12 bits per heavy atom. The number of alkyl halides is 3. The van der Waals surface area contributed by atoms with Crippen LogP contribution in [-0.2, 0) is 25.4 Å². The molecule has 0 radical (unpaired) electrons. The van der Waals surface area contributed by atoms with E-state index in [0.29, 0.717) is 30.8 Å². The number of anilines is 3. The molecule has 1 unspecified atom stereocenters. The van der Waals surface area contributed by atoms with E-state index in [0.717, 1.165) is 81.9 Å². The van der Waals surface area contributed by atoms with E-state index in [1.807, 2.05) is 23.1 Å². The van der Waals surface area contributed by atoms with E-state index in [4.69, 9.17) is 22.6 Å². The second-order valence-electron chi connectivity index (χ2n) is 15.3. The molecular formula is C41H60F3N9O5S. The summed E-state index contributed by atoms with van der Waals surface area (Å²) in [5.74, 6) is -1.04. The van der Waals surface area contributed by atoms with E-state index in [9.17, 15) is 32.3 Å². The van der Waals surface area contributed by atoms with E-state index in [1.54, 1.807) is 19.9 Å². The Balaban J connectivity index is 0.000000572. The first-order valence-corrected chi connectivity index (χ1v) is 20.2. The van der Waals surface area contributed by atoms with Gasteiger partial charge in [-0.1, -0.05) is 25.3 Å². The molecule has 0 bridgehead atoms. The number of piperazine rings is 1. The zero-order valence-corrected chi connectivity index (χ0v) is 34.6. The number of aromatic nitrogens is 1. The summed E-state index contributed by atoms with van der Waals surface area (Å²) in [4.78, 5) is 59.8. The average Bonchev–Trinajstić information content (AvgIpc) is 3.38. The highest BCUT2D eigenvalue weighted by atomic mass is 32.1. The SMILES string of the molecule is C=C.CC1(C)C(=O)N(c2cnc(C#N)c(C(F)(F)F)c2)C(=S)N1C1CCCCC1.C[C@H]1CN(CCCO)CCN1CC(=O)Nc1cccc(NC2CCC(=O)NC2=O)c1.[HH].[HH].[HH]. The maximum Gasteiger partial charge on any atom is 0.419 e. The van der Waals surface area contributed by atoms with Crippen molar-refractivity contribution < 1.29 is 41.7 Å². The number of amides is 4. The van der Waals surface area contributed by atoms with Crippen LogP contribution < -0.4 is 20.9 Å². The van der Waals surface area contributed by atoms with Crippen LogP contribution in [0.1, 0.15) is 87.7 Å². The Kier molecular flexibility index (Phi) is 16.5. The Hall–Kier alpha value is -4.96. The number of benzene rings is 1. The molecule has 14 nitrogen and oxygen atoms in total. The molecule has 1 aromatic carbocycles. The number of carbonyl (C=O) groups is 4. The van der Waals surface area contributed by atoms with Crippen molar-refractivity contribution in [1.29, 1.82) is 5.26 Å². The smallest absolute Gasteiger partial charge is 0.396 e. The summed E-state index contributed by atoms with van der Waals surface area (Å²) in [6.07, 6.45) is 2.86. The molecule has 2 aromatic rings. The van der Waals surface area contributed by atoms with Gasteiger partial charge in [0.25, 0.3) is 5.91 Å². The molecule has 1 saturated carbocycles. The Morgan fingerprint density at radius 2 is 1.81 bits per heavy atom. The van der Waals surface area contributed by atoms with Gasteiger partial charge < -0.3 is 25.5 Å². The summed E-state index contributed by atoms with van der Waals surface area (Å²) in [6, 6.07) is 9.35. The van der Waals surface area contributed by atoms with Gasteiger partial charge in [-0.2, -0.15) is 18.4 Å². The highest BCUT2D eigenvalue weighted by Gasteiger charge is 2.52. The second-order valence-corrected chi connectivity index (χ2v) is 15.7. The maximum absolute atomic E-state index is 13.3. The van der Waals surface area contributed by atoms with E-state index in [1.165, 1.54) is 6.07 Å². The zero-order chi connectivity index (χ0) is 43.5. The first-order chi connectivity index (χ1) is 28.0. The predicted molar refractivity (Wildman–Crippen MR) is 228 cm³/mol. The Morgan fingerprint density at radius 3 is 2.44 bits per heavy atom. The molecule has 18 heteroatoms. The molecule has 3 saturated heterocycles. The zero-order valence-electron chi connectivity index (χ0n) is 33.8. The molecule has 2 atom stereocenters. The number of pyridine rings is 1. The van der Waals surface area contributed by atoms with Crippen LogP contribution in [0.3, 0.4) is 0 Å². The van der Waals surface area contributed by atoms with Crippen LogP contribution in [0.2, 0.25) is 0 Å². The first kappa shape index (κ1) is 46.7. The van der Waals surface area contributed by atoms with Crippen molar-refractivity contribution in [3.8, 4) is 6.07 Å². The molecular weight excluding hydrogens is 788 g/mol. The quantitative estimate of drug-likeness (QED) is 0.129. The third-order valence-electron chi connectivity index (χ3n) is 10.8. The molecule has 3 aliphatic heterocycles. The molecule has 1 aromatic heterocycles. The summed E-state index contributed by atoms with van der Waals surface area (Å²) in [7, 11) is 0. The van der Waals surface area contributed by atoms with Gasteiger partial charge in [-0.25, -0.2) is 4.98 Å². The number of nitrogens with zero attached hydrogens (tertiary/aromatic N) is 6. The van der Waals surface area contributed by atoms with Crippen LogP contribution in [-0.4, -0.2) is 117 Å². The number of aliphatic hydroxyl groups excluding tert-OH is 1. The van der Waals surface area contributed by atoms with Crippen LogP contribution >= 0.6 is 12.2 Å². The van der Waals surface area contributed by atoms with E-state index in [-0.39, 0.29) is 51.5 Å². The lowest BCUT2D eigenvalue weighted by atomic mass is 9.91. The van der Waals surface area contributed by atoms with E-state index in [2.05, 4.69) is 50.8 Å². The number of hydrogen-bond donors (Lipinski definition) is 4. The minimum absolute atomic E-state index is 0. The lowest BCUT2D eigenvalue weighted by Gasteiger charge is -2.39. The minimum Gasteiger partial charge on any atom is -0.396 e. The van der Waals surface area contributed by atoms with Gasteiger partial charge in [0.2, 0.25) is 17.7 Å². The fourth-order valence-electron chi connectivity index (χ4n) is 7.78. The van der Waals surface area contributed by atoms with Gasteiger partial charge >= 0.3 is 6.18 Å². The fraction of sp³-hybridized carbons (Fsp3) is 0.537. The van der Waals surface area contributed by atoms with Gasteiger partial charge in [0, 0.05) is 66.9 Å². The maximum atomic E-state index is 13.3. The van der Waals surface area contributed by atoms with Gasteiger partial charge in [-0.3, -0.25) is 34.3 Å². The van der Waals surface area contributed by atoms with Crippen LogP contribution in [0.5, 0.6) is 0 Å². The van der Waals surface area contributed by atoms with Crippen molar-refractivity contribution >= 4 is 58.0 Å². The van der Waals surface area contributed by atoms with Crippen molar-refractivity contribution in [3.63, 3.8) is 0 Å². The molecule has 59 heavy (non-hydrogen) atoms. The number of carbonyl (C=O) groups excluding carboxylic acids is 4. The minimum atomic E-state index is -4.75. The number of hydrogen-bond acceptors (Lipinski definition) is 11. The number of rotatable bonds is 10. The number of imide groups is 1. The number of thiocarbonyl (C=S) groups is 1. The lowest BCUT2D eigenvalue weighted by molar-refractivity contribution is -0.138. The topological polar surface area (TPSA) is 174 Å². The van der Waals surface area contributed by atoms with Crippen molar-refractivity contribution in [1.82, 2.24) is 25.0 Å². The standard InChI is InChI=1S/C21H31N5O4.C18H19F3N4OS.C2H4.3H2/c1-15-13-25(8-3-11-27)9-10-26(15)14-20(29)23-17-5-2-4-16(12-17)22-18-6-7-19(28)24-21(18)30;1-17(2)15(26)24(16(27)25(17)11-6-4-3-5-7-11)12-8-13(18(19,20)21)14(9-22)23-10-12;1-2;;;/h2,4-5,12,15,18,22,27H,3,6-11,13-14H2,1H3,(H,23,29)(H,24,28,30);8,10-11H,3-7H2,1-2H3;1-2H2;3*1H/t15-,18?;;;;;/m0...../s1. The summed E-state index contributed by atoms with van der Waals surface area (Å²) in [6.45, 7) is 15.6. The predicted octanol–water partition coefficient (Wildman–Crippen LogP) is 5.79. The highest BCUT2D eigenvalue weighted by Crippen LogP contribution is 2.40. The molecule has 0 spiro atoms. The molecule has 6 rings (SSSR count). The van der Waals surface area contributed by atoms with Gasteiger partial charge in [0.05, 0.1) is 24.0 Å². The monoisotopic (exact) mass is 847 g/mol. The summed E-state index contributed by atoms with van der Waals surface area (Å²) >= 11 is 5.51. The van der Waals surface area contributed by atoms with Gasteiger partial charge in [-0.15, -0.1) is 13.2 Å². The lowest BCUT2D eigenvalue weighted by Crippen LogP contribution is -2.53. The number of aliphatic hydroxyl groups is 1. The van der Waals surface area contributed by atoms with Crippen molar-refractivity contribution in [3.05, 3.63) is 60.9 Å². The Labute approximate surface area is 353 Å². The molecule has 4 fully saturated rings. The van der Waals surface area contributed by atoms with Gasteiger partial charge in [-0.05, 0) is 82.9 Å². The first-order valence-electron chi connectivity index (χ1n) is 19.8. The Bertz CT molecular complexity index is 1900. The normalized spacial score (nSPS) is 21.4. The van der Waals surface area contributed by atoms with Gasteiger partial charge in [0.15, 0.2) is 10.8 Å². The van der Waals surface area contributed by atoms with Crippen molar-refractivity contribution in [2.75, 3.05) is 54.9 Å². The number of piperidine rings is 1. The third kappa shape index (κ3) is 11.8. The van der Waals surface area contributed by atoms with Crippen LogP contribution in [0.4, 0.5) is 30.2 Å². The molecule has 4 heterocycles. The molecule has 1 aliphatic carbocycles. The van der Waals surface area contributed by atoms with E-state index >= 15 is 0 Å². The average molecular weight is 848 g/mol. The summed E-state index contributed by atoms with van der Waals surface area (Å²) in [5.41, 5.74) is -1.55. The second kappa shape index (κ2) is 20.8. The number of halogens is 3. The summed E-state index contributed by atoms with van der Waals surface area (Å²) < 4.78 is 39.8. The molecule has 326 valence electrons. The molecule has 4 amide bonds. The molecule has 4 N–H and O–H groups in total. The van der Waals surface area contributed by atoms with Crippen LogP contribution in [0, 0.1) is 11.3 Å². The van der Waals surface area contributed by atoms with Gasteiger partial charge in [0.1, 0.15) is 17.6 Å². The number of nitrogens with one attached hydrogen (secondary N) is 3. The van der Waals surface area contributed by atoms with Crippen LogP contribution in [0.25, 0.3) is 0 Å². The number of nitriles is 1. The summed E-state index contributed by atoms with van der Waals surface area (Å²) in [5, 5.41) is 26.5. The third-order valence-corrected chi connectivity index (χ3v) is 11.1. The van der Waals surface area contributed by atoms with Crippen LogP contribution in [0.15, 0.2) is 49.7 Å². The molecule has 4 aliphatic rings. The largest absolute Gasteiger partial charge is 0.419 e. The fourth-order valence-corrected chi connectivity index (χ4v) is 8.34. The van der Waals surface area contributed by atoms with Crippen molar-refractivity contribution in [2.24, 2.45) is 0 Å². The van der Waals surface area contributed by atoms with E-state index < -0.39 is 34.9 Å².